The predicted molar refractivity (Wildman–Crippen MR) is 98.2 cm³/mol. The van der Waals surface area contributed by atoms with Crippen LogP contribution in [0.1, 0.15) is 6.92 Å². The standard InChI is InChI=1S/C13H16BrN5O3S.ClH/c1-8(7-20)17-12-11(14)6-16-13(19-12)18-9-2-4-10(5-3-9)23(15,21)22;/h2-6,8,20H,7H2,1H3,(H2,15,21,22)(H2,16,17,18,19);1H/t8-;/m1./s1. The second-order valence-electron chi connectivity index (χ2n) is 4.81. The van der Waals surface area contributed by atoms with E-state index in [1.165, 1.54) is 12.1 Å². The third-order valence-corrected chi connectivity index (χ3v) is 4.35. The van der Waals surface area contributed by atoms with Gasteiger partial charge in [0, 0.05) is 17.9 Å². The molecule has 11 heteroatoms. The summed E-state index contributed by atoms with van der Waals surface area (Å²) in [4.78, 5) is 8.44. The predicted octanol–water partition coefficient (Wildman–Crippen LogP) is 1.84. The van der Waals surface area contributed by atoms with Crippen molar-refractivity contribution in [2.75, 3.05) is 17.2 Å². The van der Waals surface area contributed by atoms with Gasteiger partial charge in [0.15, 0.2) is 0 Å². The van der Waals surface area contributed by atoms with E-state index in [1.54, 1.807) is 18.3 Å². The summed E-state index contributed by atoms with van der Waals surface area (Å²) in [5.41, 5.74) is 0.612. The Hall–Kier alpha value is -1.46. The van der Waals surface area contributed by atoms with Gasteiger partial charge in [-0.2, -0.15) is 4.98 Å². The molecular weight excluding hydrogens is 422 g/mol. The number of nitrogens with two attached hydrogens (primary N) is 1. The van der Waals surface area contributed by atoms with Crippen molar-refractivity contribution in [1.82, 2.24) is 9.97 Å². The molecule has 1 aromatic heterocycles. The van der Waals surface area contributed by atoms with Gasteiger partial charge in [-0.15, -0.1) is 12.4 Å². The molecule has 1 atom stereocenters. The van der Waals surface area contributed by atoms with Crippen LogP contribution in [0.4, 0.5) is 17.5 Å². The number of rotatable bonds is 6. The van der Waals surface area contributed by atoms with Gasteiger partial charge in [-0.1, -0.05) is 0 Å². The molecule has 0 radical (unpaired) electrons. The van der Waals surface area contributed by atoms with Crippen molar-refractivity contribution in [3.8, 4) is 0 Å². The number of aliphatic hydroxyl groups is 1. The topological polar surface area (TPSA) is 130 Å². The number of halogens is 2. The molecule has 0 unspecified atom stereocenters. The molecule has 2 rings (SSSR count). The van der Waals surface area contributed by atoms with Gasteiger partial charge in [0.2, 0.25) is 16.0 Å². The largest absolute Gasteiger partial charge is 0.394 e. The van der Waals surface area contributed by atoms with Gasteiger partial charge >= 0.3 is 0 Å². The smallest absolute Gasteiger partial charge is 0.238 e. The Morgan fingerprint density at radius 1 is 1.33 bits per heavy atom. The zero-order valence-electron chi connectivity index (χ0n) is 12.6. The van der Waals surface area contributed by atoms with Gasteiger partial charge < -0.3 is 15.7 Å². The fraction of sp³-hybridized carbons (Fsp3) is 0.231. The summed E-state index contributed by atoms with van der Waals surface area (Å²) in [6.45, 7) is 1.78. The van der Waals surface area contributed by atoms with E-state index in [-0.39, 0.29) is 30.0 Å². The van der Waals surface area contributed by atoms with Gasteiger partial charge in [0.1, 0.15) is 5.82 Å². The van der Waals surface area contributed by atoms with Crippen LogP contribution in [0.15, 0.2) is 39.8 Å². The summed E-state index contributed by atoms with van der Waals surface area (Å²) in [6.07, 6.45) is 1.57. The summed E-state index contributed by atoms with van der Waals surface area (Å²) in [5, 5.41) is 20.1. The minimum atomic E-state index is -3.72. The van der Waals surface area contributed by atoms with Crippen molar-refractivity contribution >= 4 is 55.8 Å². The monoisotopic (exact) mass is 437 g/mol. The number of aliphatic hydroxyl groups excluding tert-OH is 1. The zero-order chi connectivity index (χ0) is 17.0. The van der Waals surface area contributed by atoms with Crippen LogP contribution in [0.5, 0.6) is 0 Å². The number of nitrogens with one attached hydrogen (secondary N) is 2. The zero-order valence-corrected chi connectivity index (χ0v) is 15.8. The number of hydrogen-bond acceptors (Lipinski definition) is 7. The van der Waals surface area contributed by atoms with E-state index < -0.39 is 10.0 Å². The van der Waals surface area contributed by atoms with Crippen LogP contribution in [0.2, 0.25) is 0 Å². The number of benzene rings is 1. The van der Waals surface area contributed by atoms with E-state index in [4.69, 9.17) is 10.2 Å². The Morgan fingerprint density at radius 3 is 2.50 bits per heavy atom. The third kappa shape index (κ3) is 5.56. The van der Waals surface area contributed by atoms with E-state index in [0.717, 1.165) is 0 Å². The molecule has 2 aromatic rings. The highest BCUT2D eigenvalue weighted by Crippen LogP contribution is 2.23. The molecule has 24 heavy (non-hydrogen) atoms. The van der Waals surface area contributed by atoms with Gasteiger partial charge in [0.25, 0.3) is 0 Å². The molecule has 0 aliphatic heterocycles. The minimum Gasteiger partial charge on any atom is -0.394 e. The fourth-order valence-corrected chi connectivity index (χ4v) is 2.49. The molecular formula is C13H17BrClN5O3S. The molecule has 0 amide bonds. The van der Waals surface area contributed by atoms with Crippen LogP contribution >= 0.6 is 28.3 Å². The average Bonchev–Trinajstić information content (AvgIpc) is 2.50. The lowest BCUT2D eigenvalue weighted by molar-refractivity contribution is 0.281. The quantitative estimate of drug-likeness (QED) is 0.541. The Kier molecular flexibility index (Phi) is 7.36. The van der Waals surface area contributed by atoms with Gasteiger partial charge in [-0.05, 0) is 47.1 Å². The van der Waals surface area contributed by atoms with Gasteiger partial charge in [-0.25, -0.2) is 18.5 Å². The lowest BCUT2D eigenvalue weighted by atomic mass is 10.3. The highest BCUT2D eigenvalue weighted by atomic mass is 79.9. The van der Waals surface area contributed by atoms with Crippen molar-refractivity contribution < 1.29 is 13.5 Å². The Morgan fingerprint density at radius 2 is 1.96 bits per heavy atom. The first-order chi connectivity index (χ1) is 10.8. The van der Waals surface area contributed by atoms with E-state index >= 15 is 0 Å². The van der Waals surface area contributed by atoms with E-state index in [2.05, 4.69) is 36.5 Å². The number of sulfonamides is 1. The van der Waals surface area contributed by atoms with Crippen LogP contribution in [0.3, 0.4) is 0 Å². The average molecular weight is 439 g/mol. The van der Waals surface area contributed by atoms with Crippen LogP contribution in [-0.2, 0) is 10.0 Å². The van der Waals surface area contributed by atoms with Gasteiger partial charge in [-0.3, -0.25) is 0 Å². The van der Waals surface area contributed by atoms with Crippen molar-refractivity contribution in [2.24, 2.45) is 5.14 Å². The molecule has 0 aliphatic carbocycles. The lowest BCUT2D eigenvalue weighted by Gasteiger charge is -2.14. The maximum Gasteiger partial charge on any atom is 0.238 e. The number of aromatic nitrogens is 2. The summed E-state index contributed by atoms with van der Waals surface area (Å²) in [6, 6.07) is 5.75. The maximum absolute atomic E-state index is 11.2. The first kappa shape index (κ1) is 20.6. The van der Waals surface area contributed by atoms with Crippen LogP contribution in [0.25, 0.3) is 0 Å². The SMILES string of the molecule is C[C@H](CO)Nc1nc(Nc2ccc(S(N)(=O)=O)cc2)ncc1Br.Cl. The van der Waals surface area contributed by atoms with Crippen molar-refractivity contribution in [1.29, 1.82) is 0 Å². The van der Waals surface area contributed by atoms with Crippen molar-refractivity contribution in [2.45, 2.75) is 17.9 Å². The minimum absolute atomic E-state index is 0. The van der Waals surface area contributed by atoms with E-state index in [9.17, 15) is 8.42 Å². The second-order valence-corrected chi connectivity index (χ2v) is 7.23. The summed E-state index contributed by atoms with van der Waals surface area (Å²) in [5.74, 6) is 0.856. The maximum atomic E-state index is 11.2. The molecule has 0 bridgehead atoms. The van der Waals surface area contributed by atoms with Crippen molar-refractivity contribution in [3.63, 3.8) is 0 Å². The molecule has 1 heterocycles. The molecule has 8 nitrogen and oxygen atoms in total. The first-order valence-electron chi connectivity index (χ1n) is 6.59. The van der Waals surface area contributed by atoms with Crippen LogP contribution < -0.4 is 15.8 Å². The third-order valence-electron chi connectivity index (χ3n) is 2.84. The molecule has 1 aromatic carbocycles. The van der Waals surface area contributed by atoms with E-state index in [1.807, 2.05) is 6.92 Å². The normalized spacial score (nSPS) is 12.2. The molecule has 0 saturated carbocycles. The Labute approximate surface area is 154 Å². The Bertz CT molecular complexity index is 789. The Balaban J connectivity index is 0.00000288. The number of anilines is 3. The summed E-state index contributed by atoms with van der Waals surface area (Å²) < 4.78 is 23.1. The van der Waals surface area contributed by atoms with Crippen LogP contribution in [0, 0.1) is 0 Å². The molecule has 5 N–H and O–H groups in total. The molecule has 0 spiro atoms. The fourth-order valence-electron chi connectivity index (χ4n) is 1.66. The highest BCUT2D eigenvalue weighted by molar-refractivity contribution is 9.10. The number of primary sulfonamides is 1. The second kappa shape index (κ2) is 8.58. The summed E-state index contributed by atoms with van der Waals surface area (Å²) >= 11 is 3.33. The van der Waals surface area contributed by atoms with E-state index in [0.29, 0.717) is 21.9 Å². The lowest BCUT2D eigenvalue weighted by Crippen LogP contribution is -2.20. The summed E-state index contributed by atoms with van der Waals surface area (Å²) in [7, 11) is -3.72. The number of hydrogen-bond donors (Lipinski definition) is 4. The van der Waals surface area contributed by atoms with Crippen molar-refractivity contribution in [3.05, 3.63) is 34.9 Å². The molecule has 132 valence electrons. The van der Waals surface area contributed by atoms with Gasteiger partial charge in [0.05, 0.1) is 16.0 Å². The number of nitrogens with zero attached hydrogens (tertiary/aromatic N) is 2. The molecule has 0 saturated heterocycles. The molecule has 0 aliphatic rings. The highest BCUT2D eigenvalue weighted by Gasteiger charge is 2.10. The molecule has 0 fully saturated rings. The van der Waals surface area contributed by atoms with Crippen LogP contribution in [-0.4, -0.2) is 36.1 Å². The first-order valence-corrected chi connectivity index (χ1v) is 8.93.